The van der Waals surface area contributed by atoms with Gasteiger partial charge in [-0.2, -0.15) is 0 Å². The van der Waals surface area contributed by atoms with E-state index >= 15 is 0 Å². The van der Waals surface area contributed by atoms with Crippen LogP contribution in [-0.2, 0) is 0 Å². The van der Waals surface area contributed by atoms with Crippen LogP contribution in [0.25, 0.3) is 0 Å². The fraction of sp³-hybridized carbons (Fsp3) is 0.562. The first-order chi connectivity index (χ1) is 8.80. The van der Waals surface area contributed by atoms with Gasteiger partial charge in [0.15, 0.2) is 5.78 Å². The number of hydrogen-bond donors (Lipinski definition) is 0. The van der Waals surface area contributed by atoms with Crippen molar-refractivity contribution in [3.8, 4) is 0 Å². The van der Waals surface area contributed by atoms with Crippen molar-refractivity contribution in [1.29, 1.82) is 0 Å². The van der Waals surface area contributed by atoms with Gasteiger partial charge in [0.2, 0.25) is 0 Å². The van der Waals surface area contributed by atoms with E-state index in [1.165, 1.54) is 12.8 Å². The third-order valence-electron chi connectivity index (χ3n) is 3.62. The number of Topliss-reactive ketones (excluding diaryl/α,β-unsaturated/α-hetero) is 1. The number of carbonyl (C=O) groups excluding carboxylic acids is 1. The van der Waals surface area contributed by atoms with Crippen molar-refractivity contribution >= 4 is 17.4 Å². The summed E-state index contributed by atoms with van der Waals surface area (Å²) in [7, 11) is 0. The van der Waals surface area contributed by atoms with Crippen LogP contribution < -0.4 is 0 Å². The average Bonchev–Trinajstić information content (AvgIpc) is 3.10. The van der Waals surface area contributed by atoms with Crippen molar-refractivity contribution in [2.24, 2.45) is 0 Å². The van der Waals surface area contributed by atoms with Crippen molar-refractivity contribution < 1.29 is 4.79 Å². The van der Waals surface area contributed by atoms with Gasteiger partial charge in [0.1, 0.15) is 0 Å². The highest BCUT2D eigenvalue weighted by Crippen LogP contribution is 2.35. The molecule has 104 valence electrons. The minimum Gasteiger partial charge on any atom is -0.292 e. The molecule has 0 N–H and O–H groups in total. The Morgan fingerprint density at radius 2 is 2.00 bits per heavy atom. The van der Waals surface area contributed by atoms with Crippen LogP contribution in [0.1, 0.15) is 50.9 Å². The summed E-state index contributed by atoms with van der Waals surface area (Å²) in [5, 5.41) is 0.617. The summed E-state index contributed by atoms with van der Waals surface area (Å²) in [6, 6.07) is 7.68. The Morgan fingerprint density at radius 3 is 2.47 bits per heavy atom. The molecule has 2 nitrogen and oxygen atoms in total. The van der Waals surface area contributed by atoms with Gasteiger partial charge in [0.05, 0.1) is 6.04 Å². The van der Waals surface area contributed by atoms with E-state index in [0.717, 1.165) is 0 Å². The number of benzene rings is 1. The fourth-order valence-corrected chi connectivity index (χ4v) is 3.00. The molecule has 1 unspecified atom stereocenters. The number of nitrogens with zero attached hydrogens (tertiary/aromatic N) is 1. The molecule has 0 spiro atoms. The molecule has 0 saturated heterocycles. The van der Waals surface area contributed by atoms with E-state index in [4.69, 9.17) is 11.6 Å². The first kappa shape index (κ1) is 14.5. The molecular weight excluding hydrogens is 258 g/mol. The smallest absolute Gasteiger partial charge is 0.179 e. The van der Waals surface area contributed by atoms with Gasteiger partial charge >= 0.3 is 0 Å². The normalized spacial score (nSPS) is 17.6. The average molecular weight is 280 g/mol. The quantitative estimate of drug-likeness (QED) is 0.771. The molecule has 3 heteroatoms. The van der Waals surface area contributed by atoms with E-state index in [1.54, 1.807) is 12.1 Å². The molecule has 1 aromatic rings. The number of halogens is 1. The lowest BCUT2D eigenvalue weighted by molar-refractivity contribution is 0.0576. The summed E-state index contributed by atoms with van der Waals surface area (Å²) in [4.78, 5) is 15.0. The monoisotopic (exact) mass is 279 g/mol. The second kappa shape index (κ2) is 5.26. The molecule has 1 aliphatic carbocycles. The van der Waals surface area contributed by atoms with Crippen molar-refractivity contribution in [3.05, 3.63) is 34.9 Å². The van der Waals surface area contributed by atoms with Crippen LogP contribution in [0.3, 0.4) is 0 Å². The van der Waals surface area contributed by atoms with Gasteiger partial charge in [-0.05, 0) is 52.7 Å². The van der Waals surface area contributed by atoms with E-state index in [1.807, 2.05) is 19.1 Å². The Hall–Kier alpha value is -0.860. The van der Waals surface area contributed by atoms with Gasteiger partial charge in [-0.1, -0.05) is 23.7 Å². The van der Waals surface area contributed by atoms with Crippen LogP contribution in [0.4, 0.5) is 0 Å². The number of ketones is 1. The van der Waals surface area contributed by atoms with Crippen molar-refractivity contribution in [2.75, 3.05) is 0 Å². The Bertz CT molecular complexity index is 474. The summed E-state index contributed by atoms with van der Waals surface area (Å²) in [5.74, 6) is 0.157. The molecule has 1 saturated carbocycles. The third kappa shape index (κ3) is 3.37. The van der Waals surface area contributed by atoms with Crippen molar-refractivity contribution in [3.63, 3.8) is 0 Å². The van der Waals surface area contributed by atoms with Crippen LogP contribution in [0.2, 0.25) is 5.02 Å². The van der Waals surface area contributed by atoms with Gasteiger partial charge in [-0.3, -0.25) is 9.69 Å². The molecule has 0 aliphatic heterocycles. The van der Waals surface area contributed by atoms with Crippen LogP contribution in [-0.4, -0.2) is 28.3 Å². The Morgan fingerprint density at radius 1 is 1.37 bits per heavy atom. The Labute approximate surface area is 120 Å². The summed E-state index contributed by atoms with van der Waals surface area (Å²) < 4.78 is 0. The second-order valence-corrected chi connectivity index (χ2v) is 6.80. The zero-order valence-electron chi connectivity index (χ0n) is 12.1. The number of hydrogen-bond acceptors (Lipinski definition) is 2. The lowest BCUT2D eigenvalue weighted by atomic mass is 9.97. The van der Waals surface area contributed by atoms with Crippen LogP contribution in [0, 0.1) is 0 Å². The molecular formula is C16H22ClNO. The highest BCUT2D eigenvalue weighted by Gasteiger charge is 2.41. The number of rotatable bonds is 4. The predicted molar refractivity (Wildman–Crippen MR) is 79.9 cm³/mol. The van der Waals surface area contributed by atoms with Gasteiger partial charge in [0, 0.05) is 22.2 Å². The Balaban J connectivity index is 2.22. The predicted octanol–water partition coefficient (Wildman–Crippen LogP) is 4.17. The standard InChI is InChI=1S/C16H22ClNO/c1-11(18(14-8-9-14)16(2,3)4)15(19)12-6-5-7-13(17)10-12/h5-7,10-11,14H,8-9H2,1-4H3. The maximum atomic E-state index is 12.6. The van der Waals surface area contributed by atoms with Gasteiger partial charge in [-0.15, -0.1) is 0 Å². The zero-order chi connectivity index (χ0) is 14.2. The minimum absolute atomic E-state index is 0.00875. The minimum atomic E-state index is -0.106. The molecule has 1 aliphatic rings. The van der Waals surface area contributed by atoms with Crippen LogP contribution in [0.5, 0.6) is 0 Å². The molecule has 0 aromatic heterocycles. The van der Waals surface area contributed by atoms with E-state index < -0.39 is 0 Å². The zero-order valence-corrected chi connectivity index (χ0v) is 12.9. The molecule has 19 heavy (non-hydrogen) atoms. The highest BCUT2D eigenvalue weighted by molar-refractivity contribution is 6.31. The second-order valence-electron chi connectivity index (χ2n) is 6.36. The van der Waals surface area contributed by atoms with Crippen LogP contribution >= 0.6 is 11.6 Å². The van der Waals surface area contributed by atoms with Crippen LogP contribution in [0.15, 0.2) is 24.3 Å². The van der Waals surface area contributed by atoms with Gasteiger partial charge in [-0.25, -0.2) is 0 Å². The molecule has 2 rings (SSSR count). The van der Waals surface area contributed by atoms with Crippen molar-refractivity contribution in [2.45, 2.75) is 58.2 Å². The topological polar surface area (TPSA) is 20.3 Å². The largest absolute Gasteiger partial charge is 0.292 e. The summed E-state index contributed by atoms with van der Waals surface area (Å²) in [6.07, 6.45) is 2.40. The maximum Gasteiger partial charge on any atom is 0.179 e. The van der Waals surface area contributed by atoms with Gasteiger partial charge in [0.25, 0.3) is 0 Å². The fourth-order valence-electron chi connectivity index (χ4n) is 2.81. The van der Waals surface area contributed by atoms with E-state index in [9.17, 15) is 4.79 Å². The summed E-state index contributed by atoms with van der Waals surface area (Å²) in [5.41, 5.74) is 0.712. The first-order valence-electron chi connectivity index (χ1n) is 6.89. The first-order valence-corrected chi connectivity index (χ1v) is 7.26. The lowest BCUT2D eigenvalue weighted by Crippen LogP contribution is -2.51. The molecule has 0 amide bonds. The molecule has 1 fully saturated rings. The number of carbonyl (C=O) groups is 1. The van der Waals surface area contributed by atoms with Crippen molar-refractivity contribution in [1.82, 2.24) is 4.90 Å². The molecule has 1 aromatic carbocycles. The van der Waals surface area contributed by atoms with E-state index in [-0.39, 0.29) is 17.4 Å². The van der Waals surface area contributed by atoms with E-state index in [2.05, 4.69) is 25.7 Å². The maximum absolute atomic E-state index is 12.6. The highest BCUT2D eigenvalue weighted by atomic mass is 35.5. The lowest BCUT2D eigenvalue weighted by Gasteiger charge is -2.40. The molecule has 1 atom stereocenters. The summed E-state index contributed by atoms with van der Waals surface area (Å²) >= 11 is 5.97. The SMILES string of the molecule is CC(C(=O)c1cccc(Cl)c1)N(C1CC1)C(C)(C)C. The third-order valence-corrected chi connectivity index (χ3v) is 3.86. The Kier molecular flexibility index (Phi) is 4.03. The summed E-state index contributed by atoms with van der Waals surface area (Å²) in [6.45, 7) is 8.53. The van der Waals surface area contributed by atoms with Gasteiger partial charge < -0.3 is 0 Å². The van der Waals surface area contributed by atoms with E-state index in [0.29, 0.717) is 16.6 Å². The molecule has 0 bridgehead atoms. The molecule has 0 radical (unpaired) electrons. The molecule has 0 heterocycles.